The highest BCUT2D eigenvalue weighted by molar-refractivity contribution is 9.10. The molecule has 0 bridgehead atoms. The standard InChI is InChI=1S/C26H39BrN2O5/c1-24(2,3)20-17-28(12-13-29(20)23(31)34-25(4,5)6)22(30)21(18-8-7-9-19(27)16-18)26(32)10-14-33-15-11-26/h7-9,16,20-21,32H,10-15,17H2,1-6H3. The molecule has 2 unspecified atom stereocenters. The van der Waals surface area contributed by atoms with Gasteiger partial charge in [0.25, 0.3) is 0 Å². The number of carbonyl (C=O) groups excluding carboxylic acids is 2. The molecule has 0 radical (unpaired) electrons. The second-order valence-corrected chi connectivity index (χ2v) is 12.5. The lowest BCUT2D eigenvalue weighted by molar-refractivity contribution is -0.149. The van der Waals surface area contributed by atoms with Crippen molar-refractivity contribution in [1.82, 2.24) is 9.80 Å². The van der Waals surface area contributed by atoms with Crippen molar-refractivity contribution in [2.24, 2.45) is 5.41 Å². The molecule has 34 heavy (non-hydrogen) atoms. The summed E-state index contributed by atoms with van der Waals surface area (Å²) >= 11 is 3.51. The summed E-state index contributed by atoms with van der Waals surface area (Å²) in [5.41, 5.74) is -1.26. The molecule has 0 spiro atoms. The van der Waals surface area contributed by atoms with Gasteiger partial charge in [-0.25, -0.2) is 4.79 Å². The molecule has 2 aliphatic heterocycles. The van der Waals surface area contributed by atoms with Crippen LogP contribution in [0, 0.1) is 5.41 Å². The van der Waals surface area contributed by atoms with Crippen molar-refractivity contribution in [3.63, 3.8) is 0 Å². The molecule has 2 saturated heterocycles. The molecule has 3 rings (SSSR count). The van der Waals surface area contributed by atoms with E-state index >= 15 is 0 Å². The van der Waals surface area contributed by atoms with Crippen LogP contribution in [0.25, 0.3) is 0 Å². The van der Waals surface area contributed by atoms with Gasteiger partial charge in [0.2, 0.25) is 5.91 Å². The van der Waals surface area contributed by atoms with Crippen molar-refractivity contribution in [2.45, 2.75) is 77.5 Å². The van der Waals surface area contributed by atoms with Crippen LogP contribution in [0.15, 0.2) is 28.7 Å². The van der Waals surface area contributed by atoms with E-state index in [1.807, 2.05) is 49.9 Å². The molecule has 2 atom stereocenters. The smallest absolute Gasteiger partial charge is 0.410 e. The molecule has 1 aromatic rings. The van der Waals surface area contributed by atoms with Gasteiger partial charge in [-0.2, -0.15) is 0 Å². The fourth-order valence-corrected chi connectivity index (χ4v) is 5.25. The Labute approximate surface area is 211 Å². The summed E-state index contributed by atoms with van der Waals surface area (Å²) in [6, 6.07) is 7.40. The minimum Gasteiger partial charge on any atom is -0.444 e. The van der Waals surface area contributed by atoms with Gasteiger partial charge < -0.3 is 24.4 Å². The lowest BCUT2D eigenvalue weighted by Crippen LogP contribution is -2.62. The Bertz CT molecular complexity index is 886. The van der Waals surface area contributed by atoms with E-state index < -0.39 is 17.1 Å². The second-order valence-electron chi connectivity index (χ2n) is 11.5. The zero-order chi connectivity index (χ0) is 25.3. The normalized spacial score (nSPS) is 22.3. The number of aliphatic hydroxyl groups is 1. The van der Waals surface area contributed by atoms with Crippen molar-refractivity contribution in [1.29, 1.82) is 0 Å². The maximum atomic E-state index is 14.1. The van der Waals surface area contributed by atoms with E-state index in [1.165, 1.54) is 0 Å². The second kappa shape index (κ2) is 10.2. The van der Waals surface area contributed by atoms with E-state index in [9.17, 15) is 14.7 Å². The van der Waals surface area contributed by atoms with Crippen LogP contribution >= 0.6 is 15.9 Å². The number of amides is 2. The van der Waals surface area contributed by atoms with Gasteiger partial charge in [0.1, 0.15) is 5.60 Å². The predicted octanol–water partition coefficient (Wildman–Crippen LogP) is 4.57. The van der Waals surface area contributed by atoms with E-state index in [0.29, 0.717) is 45.7 Å². The van der Waals surface area contributed by atoms with Gasteiger partial charge in [-0.3, -0.25) is 4.79 Å². The van der Waals surface area contributed by atoms with Crippen LogP contribution in [-0.2, 0) is 14.3 Å². The number of benzene rings is 1. The molecule has 0 aromatic heterocycles. The van der Waals surface area contributed by atoms with Crippen LogP contribution in [0.3, 0.4) is 0 Å². The van der Waals surface area contributed by atoms with Gasteiger partial charge in [0.15, 0.2) is 0 Å². The van der Waals surface area contributed by atoms with Gasteiger partial charge in [-0.15, -0.1) is 0 Å². The molecule has 7 nitrogen and oxygen atoms in total. The molecule has 2 aliphatic rings. The predicted molar refractivity (Wildman–Crippen MR) is 135 cm³/mol. The van der Waals surface area contributed by atoms with Gasteiger partial charge in [0.05, 0.1) is 17.6 Å². The third-order valence-electron chi connectivity index (χ3n) is 6.64. The van der Waals surface area contributed by atoms with Crippen molar-refractivity contribution >= 4 is 27.9 Å². The Kier molecular flexibility index (Phi) is 8.05. The van der Waals surface area contributed by atoms with Crippen LogP contribution in [0.1, 0.15) is 65.9 Å². The molecule has 2 fully saturated rings. The van der Waals surface area contributed by atoms with Crippen LogP contribution in [0.4, 0.5) is 4.79 Å². The molecule has 2 amide bonds. The van der Waals surface area contributed by atoms with E-state index in [2.05, 4.69) is 36.7 Å². The molecule has 8 heteroatoms. The molecule has 1 aromatic carbocycles. The highest BCUT2D eigenvalue weighted by atomic mass is 79.9. The quantitative estimate of drug-likeness (QED) is 0.609. The van der Waals surface area contributed by atoms with E-state index in [4.69, 9.17) is 9.47 Å². The first kappa shape index (κ1) is 27.0. The van der Waals surface area contributed by atoms with Gasteiger partial charge in [0, 0.05) is 50.2 Å². The van der Waals surface area contributed by atoms with Crippen LogP contribution in [0.5, 0.6) is 0 Å². The summed E-state index contributed by atoms with van der Waals surface area (Å²) in [5.74, 6) is -0.816. The number of hydrogen-bond donors (Lipinski definition) is 1. The van der Waals surface area contributed by atoms with Crippen molar-refractivity contribution in [2.75, 3.05) is 32.8 Å². The minimum atomic E-state index is -1.18. The Morgan fingerprint density at radius 1 is 1.15 bits per heavy atom. The summed E-state index contributed by atoms with van der Waals surface area (Å²) in [6.07, 6.45) is 0.443. The molecule has 0 aliphatic carbocycles. The highest BCUT2D eigenvalue weighted by Gasteiger charge is 2.48. The average molecular weight is 540 g/mol. The monoisotopic (exact) mass is 538 g/mol. The molecule has 1 N–H and O–H groups in total. The van der Waals surface area contributed by atoms with Crippen LogP contribution < -0.4 is 0 Å². The Morgan fingerprint density at radius 2 is 1.79 bits per heavy atom. The lowest BCUT2D eigenvalue weighted by Gasteiger charge is -2.49. The van der Waals surface area contributed by atoms with Crippen LogP contribution in [-0.4, -0.2) is 77.0 Å². The number of nitrogens with zero attached hydrogens (tertiary/aromatic N) is 2. The van der Waals surface area contributed by atoms with Gasteiger partial charge in [-0.1, -0.05) is 48.8 Å². The lowest BCUT2D eigenvalue weighted by atomic mass is 9.75. The molecule has 190 valence electrons. The third-order valence-corrected chi connectivity index (χ3v) is 7.14. The zero-order valence-electron chi connectivity index (χ0n) is 21.3. The van der Waals surface area contributed by atoms with Crippen molar-refractivity contribution in [3.05, 3.63) is 34.3 Å². The Hall–Kier alpha value is -1.64. The maximum absolute atomic E-state index is 14.1. The topological polar surface area (TPSA) is 79.3 Å². The molecule has 2 heterocycles. The number of carbonyl (C=O) groups is 2. The first-order valence-electron chi connectivity index (χ1n) is 12.1. The average Bonchev–Trinajstić information content (AvgIpc) is 2.72. The fourth-order valence-electron chi connectivity index (χ4n) is 4.83. The number of rotatable bonds is 3. The number of ether oxygens (including phenoxy) is 2. The zero-order valence-corrected chi connectivity index (χ0v) is 22.9. The summed E-state index contributed by atoms with van der Waals surface area (Å²) in [5, 5.41) is 11.6. The van der Waals surface area contributed by atoms with E-state index in [0.717, 1.165) is 10.0 Å². The number of piperazine rings is 1. The first-order chi connectivity index (χ1) is 15.7. The van der Waals surface area contributed by atoms with E-state index in [1.54, 1.807) is 4.90 Å². The minimum absolute atomic E-state index is 0.111. The van der Waals surface area contributed by atoms with E-state index in [-0.39, 0.29) is 23.5 Å². The first-order valence-corrected chi connectivity index (χ1v) is 12.8. The summed E-state index contributed by atoms with van der Waals surface area (Å²) < 4.78 is 12.0. The largest absolute Gasteiger partial charge is 0.444 e. The fraction of sp³-hybridized carbons (Fsp3) is 0.692. The molecular weight excluding hydrogens is 500 g/mol. The molecular formula is C26H39BrN2O5. The number of halogens is 1. The van der Waals surface area contributed by atoms with Gasteiger partial charge in [-0.05, 0) is 43.9 Å². The summed E-state index contributed by atoms with van der Waals surface area (Å²) in [6.45, 7) is 13.8. The Balaban J connectivity index is 1.90. The SMILES string of the molecule is CC(C)(C)OC(=O)N1CCN(C(=O)C(c2cccc(Br)c2)C2(O)CCOCC2)CC1C(C)(C)C. The highest BCUT2D eigenvalue weighted by Crippen LogP contribution is 2.39. The van der Waals surface area contributed by atoms with Gasteiger partial charge >= 0.3 is 6.09 Å². The Morgan fingerprint density at radius 3 is 2.35 bits per heavy atom. The maximum Gasteiger partial charge on any atom is 0.410 e. The summed E-state index contributed by atoms with van der Waals surface area (Å²) in [4.78, 5) is 30.6. The van der Waals surface area contributed by atoms with Crippen molar-refractivity contribution < 1.29 is 24.2 Å². The number of hydrogen-bond acceptors (Lipinski definition) is 5. The third kappa shape index (κ3) is 6.32. The van der Waals surface area contributed by atoms with Crippen LogP contribution in [0.2, 0.25) is 0 Å². The molecule has 0 saturated carbocycles. The summed E-state index contributed by atoms with van der Waals surface area (Å²) in [7, 11) is 0. The van der Waals surface area contributed by atoms with Crippen molar-refractivity contribution in [3.8, 4) is 0 Å².